The van der Waals surface area contributed by atoms with Gasteiger partial charge in [-0.25, -0.2) is 13.4 Å². The molecule has 1 atom stereocenters. The average Bonchev–Trinajstić information content (AvgIpc) is 3.12. The molecule has 0 radical (unpaired) electrons. The molecule has 0 aliphatic carbocycles. The lowest BCUT2D eigenvalue weighted by atomic mass is 9.97. The van der Waals surface area contributed by atoms with Gasteiger partial charge in [0.2, 0.25) is 15.9 Å². The molecule has 1 aliphatic heterocycles. The van der Waals surface area contributed by atoms with E-state index in [2.05, 4.69) is 9.82 Å². The van der Waals surface area contributed by atoms with Gasteiger partial charge < -0.3 is 4.74 Å². The van der Waals surface area contributed by atoms with E-state index >= 15 is 0 Å². The van der Waals surface area contributed by atoms with Crippen molar-refractivity contribution in [3.05, 3.63) is 59.7 Å². The lowest BCUT2D eigenvalue weighted by Gasteiger charge is -2.23. The molecular weight excluding hydrogens is 402 g/mol. The highest BCUT2D eigenvalue weighted by molar-refractivity contribution is 7.92. The van der Waals surface area contributed by atoms with Gasteiger partial charge in [-0.05, 0) is 30.7 Å². The van der Waals surface area contributed by atoms with Crippen LogP contribution in [0, 0.1) is 5.92 Å². The summed E-state index contributed by atoms with van der Waals surface area (Å²) in [5, 5.41) is 6.14. The highest BCUT2D eigenvalue weighted by Gasteiger charge is 2.34. The van der Waals surface area contributed by atoms with Gasteiger partial charge in [-0.2, -0.15) is 5.10 Å². The third-order valence-corrected chi connectivity index (χ3v) is 5.33. The topological polar surface area (TPSA) is 88.1 Å². The highest BCUT2D eigenvalue weighted by Crippen LogP contribution is 2.36. The zero-order valence-electron chi connectivity index (χ0n) is 17.6. The molecule has 160 valence electrons. The number of carbonyl (C=O) groups excluding carboxylic acids is 1. The fourth-order valence-corrected chi connectivity index (χ4v) is 3.95. The van der Waals surface area contributed by atoms with Crippen LogP contribution in [0.5, 0.6) is 5.75 Å². The number of nitrogens with zero attached hydrogens (tertiary/aromatic N) is 2. The lowest BCUT2D eigenvalue weighted by Crippen LogP contribution is -2.30. The van der Waals surface area contributed by atoms with Crippen LogP contribution >= 0.6 is 0 Å². The number of carbonyl (C=O) groups is 1. The molecule has 3 rings (SSSR count). The molecule has 2 aromatic carbocycles. The molecule has 0 saturated heterocycles. The van der Waals surface area contributed by atoms with Gasteiger partial charge in [-0.3, -0.25) is 9.52 Å². The van der Waals surface area contributed by atoms with Gasteiger partial charge in [0.1, 0.15) is 5.75 Å². The molecule has 0 fully saturated rings. The molecule has 1 heterocycles. The van der Waals surface area contributed by atoms with Crippen LogP contribution in [-0.4, -0.2) is 37.9 Å². The van der Waals surface area contributed by atoms with Crippen molar-refractivity contribution in [1.29, 1.82) is 0 Å². The minimum atomic E-state index is -3.45. The van der Waals surface area contributed by atoms with Gasteiger partial charge in [0, 0.05) is 17.9 Å². The molecule has 0 aromatic heterocycles. The second-order valence-electron chi connectivity index (χ2n) is 7.53. The van der Waals surface area contributed by atoms with Crippen LogP contribution in [0.4, 0.5) is 5.69 Å². The van der Waals surface area contributed by atoms with E-state index in [0.29, 0.717) is 30.0 Å². The van der Waals surface area contributed by atoms with Crippen molar-refractivity contribution >= 4 is 27.3 Å². The Hall–Kier alpha value is -2.87. The van der Waals surface area contributed by atoms with Crippen molar-refractivity contribution in [3.8, 4) is 5.75 Å². The number of nitrogens with one attached hydrogen (secondary N) is 1. The van der Waals surface area contributed by atoms with E-state index in [-0.39, 0.29) is 17.9 Å². The largest absolute Gasteiger partial charge is 0.494 e. The van der Waals surface area contributed by atoms with E-state index in [0.717, 1.165) is 17.6 Å². The molecule has 0 saturated carbocycles. The van der Waals surface area contributed by atoms with Gasteiger partial charge in [-0.1, -0.05) is 44.2 Å². The Morgan fingerprint density at radius 3 is 2.47 bits per heavy atom. The monoisotopic (exact) mass is 429 g/mol. The Labute approximate surface area is 177 Å². The summed E-state index contributed by atoms with van der Waals surface area (Å²) in [6.45, 7) is 6.18. The number of ether oxygens (including phenoxy) is 1. The van der Waals surface area contributed by atoms with Crippen molar-refractivity contribution in [2.45, 2.75) is 33.2 Å². The number of hydrogen-bond donors (Lipinski definition) is 1. The summed E-state index contributed by atoms with van der Waals surface area (Å²) in [6.07, 6.45) is 1.59. The quantitative estimate of drug-likeness (QED) is 0.725. The summed E-state index contributed by atoms with van der Waals surface area (Å²) < 4.78 is 31.6. The maximum atomic E-state index is 12.9. The summed E-state index contributed by atoms with van der Waals surface area (Å²) in [5.41, 5.74) is 2.72. The molecular formula is C22H27N3O4S. The Morgan fingerprint density at radius 1 is 1.20 bits per heavy atom. The van der Waals surface area contributed by atoms with Gasteiger partial charge in [0.05, 0.1) is 30.3 Å². The first-order valence-electron chi connectivity index (χ1n) is 9.90. The standard InChI is InChI=1S/C22H27N3O4S/c1-5-29-17-12-10-16(11-13-17)21-14-20(23-25(21)22(26)15(2)3)18-8-6-7-9-19(18)24-30(4,27)28/h6-13,15,21,24H,5,14H2,1-4H3/t21-/m1/s1. The summed E-state index contributed by atoms with van der Waals surface area (Å²) >= 11 is 0. The van der Waals surface area contributed by atoms with Crippen molar-refractivity contribution < 1.29 is 17.9 Å². The van der Waals surface area contributed by atoms with Crippen molar-refractivity contribution in [2.24, 2.45) is 11.0 Å². The smallest absolute Gasteiger partial charge is 0.245 e. The van der Waals surface area contributed by atoms with E-state index < -0.39 is 10.0 Å². The number of anilines is 1. The SMILES string of the molecule is CCOc1ccc([C@H]2CC(c3ccccc3NS(C)(=O)=O)=NN2C(=O)C(C)C)cc1. The zero-order chi connectivity index (χ0) is 21.9. The number of rotatable bonds is 7. The third kappa shape index (κ3) is 4.99. The van der Waals surface area contributed by atoms with Crippen LogP contribution in [-0.2, 0) is 14.8 Å². The number of benzene rings is 2. The summed E-state index contributed by atoms with van der Waals surface area (Å²) in [7, 11) is -3.45. The van der Waals surface area contributed by atoms with Crippen LogP contribution in [0.25, 0.3) is 0 Å². The lowest BCUT2D eigenvalue weighted by molar-refractivity contribution is -0.136. The normalized spacial score (nSPS) is 16.5. The Balaban J connectivity index is 1.98. The first-order chi connectivity index (χ1) is 14.2. The van der Waals surface area contributed by atoms with Gasteiger partial charge in [-0.15, -0.1) is 0 Å². The van der Waals surface area contributed by atoms with E-state index in [1.165, 1.54) is 5.01 Å². The van der Waals surface area contributed by atoms with E-state index in [1.807, 2.05) is 57.2 Å². The minimum Gasteiger partial charge on any atom is -0.494 e. The molecule has 2 aromatic rings. The molecule has 7 nitrogen and oxygen atoms in total. The van der Waals surface area contributed by atoms with Crippen LogP contribution < -0.4 is 9.46 Å². The maximum Gasteiger partial charge on any atom is 0.245 e. The second kappa shape index (κ2) is 8.87. The molecule has 1 amide bonds. The highest BCUT2D eigenvalue weighted by atomic mass is 32.2. The Morgan fingerprint density at radius 2 is 1.87 bits per heavy atom. The predicted molar refractivity (Wildman–Crippen MR) is 118 cm³/mol. The minimum absolute atomic E-state index is 0.0857. The zero-order valence-corrected chi connectivity index (χ0v) is 18.4. The molecule has 8 heteroatoms. The maximum absolute atomic E-state index is 12.9. The number of amides is 1. The van der Waals surface area contributed by atoms with Crippen LogP contribution in [0.15, 0.2) is 53.6 Å². The summed E-state index contributed by atoms with van der Waals surface area (Å²) in [5.74, 6) is 0.463. The molecule has 30 heavy (non-hydrogen) atoms. The molecule has 1 N–H and O–H groups in total. The van der Waals surface area contributed by atoms with Crippen molar-refractivity contribution in [1.82, 2.24) is 5.01 Å². The molecule has 0 unspecified atom stereocenters. The predicted octanol–water partition coefficient (Wildman–Crippen LogP) is 3.79. The number of sulfonamides is 1. The Bertz CT molecular complexity index is 1050. The first-order valence-corrected chi connectivity index (χ1v) is 11.8. The molecule has 0 spiro atoms. The average molecular weight is 430 g/mol. The molecule has 1 aliphatic rings. The fourth-order valence-electron chi connectivity index (χ4n) is 3.38. The second-order valence-corrected chi connectivity index (χ2v) is 9.27. The van der Waals surface area contributed by atoms with Gasteiger partial charge >= 0.3 is 0 Å². The third-order valence-electron chi connectivity index (χ3n) is 4.74. The van der Waals surface area contributed by atoms with Crippen LogP contribution in [0.2, 0.25) is 0 Å². The fraction of sp³-hybridized carbons (Fsp3) is 0.364. The van der Waals surface area contributed by atoms with Gasteiger partial charge in [0.25, 0.3) is 0 Å². The van der Waals surface area contributed by atoms with E-state index in [4.69, 9.17) is 4.74 Å². The summed E-state index contributed by atoms with van der Waals surface area (Å²) in [6, 6.07) is 14.5. The van der Waals surface area contributed by atoms with E-state index in [1.54, 1.807) is 12.1 Å². The number of hydrogen-bond acceptors (Lipinski definition) is 5. The number of hydrazone groups is 1. The first kappa shape index (κ1) is 21.8. The summed E-state index contributed by atoms with van der Waals surface area (Å²) in [4.78, 5) is 12.9. The molecule has 0 bridgehead atoms. The van der Waals surface area contributed by atoms with Gasteiger partial charge in [0.15, 0.2) is 0 Å². The van der Waals surface area contributed by atoms with Crippen molar-refractivity contribution in [3.63, 3.8) is 0 Å². The van der Waals surface area contributed by atoms with E-state index in [9.17, 15) is 13.2 Å². The number of para-hydroxylation sites is 1. The van der Waals surface area contributed by atoms with Crippen molar-refractivity contribution in [2.75, 3.05) is 17.6 Å². The van der Waals surface area contributed by atoms with Crippen LogP contribution in [0.1, 0.15) is 44.4 Å². The Kier molecular flexibility index (Phi) is 6.45. The van der Waals surface area contributed by atoms with Crippen LogP contribution in [0.3, 0.4) is 0 Å².